The molecule has 2 N–H and O–H groups in total. The molecule has 0 fully saturated rings. The molecule has 3 rings (SSSR count). The van der Waals surface area contributed by atoms with Gasteiger partial charge in [-0.15, -0.1) is 0 Å². The minimum atomic E-state index is 0.593. The summed E-state index contributed by atoms with van der Waals surface area (Å²) in [6, 6.07) is 23.5. The molecule has 0 unspecified atom stereocenters. The summed E-state index contributed by atoms with van der Waals surface area (Å²) in [4.78, 5) is 4.16. The summed E-state index contributed by atoms with van der Waals surface area (Å²) in [5.74, 6) is 1.37. The van der Waals surface area contributed by atoms with Crippen molar-refractivity contribution in [1.29, 1.82) is 0 Å². The van der Waals surface area contributed by atoms with E-state index in [0.717, 1.165) is 17.0 Å². The van der Waals surface area contributed by atoms with Crippen molar-refractivity contribution >= 4 is 5.69 Å². The van der Waals surface area contributed by atoms with Gasteiger partial charge in [-0.2, -0.15) is 0 Å². The van der Waals surface area contributed by atoms with Gasteiger partial charge in [0.25, 0.3) is 0 Å². The van der Waals surface area contributed by atoms with E-state index < -0.39 is 0 Å². The SMILES string of the molecule is c1ccc(NNCc2cccc(Oc3ccccn3)c2)cc1. The Morgan fingerprint density at radius 2 is 1.73 bits per heavy atom. The van der Waals surface area contributed by atoms with E-state index in [9.17, 15) is 0 Å². The highest BCUT2D eigenvalue weighted by molar-refractivity contribution is 5.41. The van der Waals surface area contributed by atoms with Gasteiger partial charge in [0, 0.05) is 24.5 Å². The monoisotopic (exact) mass is 291 g/mol. The minimum Gasteiger partial charge on any atom is -0.439 e. The molecule has 0 aliphatic carbocycles. The lowest BCUT2D eigenvalue weighted by Crippen LogP contribution is -2.20. The first-order chi connectivity index (χ1) is 10.9. The van der Waals surface area contributed by atoms with Crippen LogP contribution in [-0.4, -0.2) is 4.98 Å². The number of ether oxygens (including phenoxy) is 1. The van der Waals surface area contributed by atoms with Crippen molar-refractivity contribution in [1.82, 2.24) is 10.4 Å². The number of aromatic nitrogens is 1. The largest absolute Gasteiger partial charge is 0.439 e. The van der Waals surface area contributed by atoms with E-state index in [1.54, 1.807) is 6.20 Å². The van der Waals surface area contributed by atoms with Crippen molar-refractivity contribution in [3.05, 3.63) is 84.6 Å². The lowest BCUT2D eigenvalue weighted by molar-refractivity contribution is 0.462. The average molecular weight is 291 g/mol. The molecule has 0 atom stereocenters. The number of hydrogen-bond donors (Lipinski definition) is 2. The first-order valence-corrected chi connectivity index (χ1v) is 7.12. The Labute approximate surface area is 129 Å². The molecule has 0 aliphatic heterocycles. The zero-order valence-electron chi connectivity index (χ0n) is 12.1. The number of benzene rings is 2. The molecule has 2 aromatic carbocycles. The summed E-state index contributed by atoms with van der Waals surface area (Å²) in [6.45, 7) is 0.689. The molecular weight excluding hydrogens is 274 g/mol. The van der Waals surface area contributed by atoms with E-state index >= 15 is 0 Å². The fourth-order valence-corrected chi connectivity index (χ4v) is 2.02. The second-order valence-electron chi connectivity index (χ2n) is 4.76. The number of para-hydroxylation sites is 1. The van der Waals surface area contributed by atoms with Gasteiger partial charge in [0.2, 0.25) is 5.88 Å². The van der Waals surface area contributed by atoms with Gasteiger partial charge in [-0.1, -0.05) is 36.4 Å². The van der Waals surface area contributed by atoms with E-state index in [2.05, 4.69) is 15.8 Å². The van der Waals surface area contributed by atoms with Crippen LogP contribution in [0.1, 0.15) is 5.56 Å². The quantitative estimate of drug-likeness (QED) is 0.674. The number of pyridine rings is 1. The van der Waals surface area contributed by atoms with Gasteiger partial charge in [-0.05, 0) is 35.9 Å². The van der Waals surface area contributed by atoms with Crippen LogP contribution in [0.5, 0.6) is 11.6 Å². The molecule has 22 heavy (non-hydrogen) atoms. The standard InChI is InChI=1S/C18H17N3O/c1-2-8-16(9-3-1)21-20-14-15-7-6-10-17(13-15)22-18-11-4-5-12-19-18/h1-13,20-21H,14H2. The summed E-state index contributed by atoms with van der Waals surface area (Å²) in [5, 5.41) is 0. The maximum atomic E-state index is 5.72. The molecular formula is C18H17N3O. The van der Waals surface area contributed by atoms with Crippen LogP contribution >= 0.6 is 0 Å². The average Bonchev–Trinajstić information content (AvgIpc) is 2.57. The summed E-state index contributed by atoms with van der Waals surface area (Å²) < 4.78 is 5.72. The number of nitrogens with one attached hydrogen (secondary N) is 2. The Hall–Kier alpha value is -2.85. The number of hydrogen-bond acceptors (Lipinski definition) is 4. The minimum absolute atomic E-state index is 0.593. The summed E-state index contributed by atoms with van der Waals surface area (Å²) in [6.07, 6.45) is 1.71. The second kappa shape index (κ2) is 7.24. The zero-order valence-corrected chi connectivity index (χ0v) is 12.1. The van der Waals surface area contributed by atoms with Gasteiger partial charge in [0.15, 0.2) is 0 Å². The third-order valence-electron chi connectivity index (χ3n) is 3.06. The number of nitrogens with zero attached hydrogens (tertiary/aromatic N) is 1. The topological polar surface area (TPSA) is 46.2 Å². The molecule has 4 nitrogen and oxygen atoms in total. The molecule has 1 heterocycles. The van der Waals surface area contributed by atoms with Crippen molar-refractivity contribution in [2.45, 2.75) is 6.54 Å². The lowest BCUT2D eigenvalue weighted by atomic mass is 10.2. The second-order valence-corrected chi connectivity index (χ2v) is 4.76. The predicted octanol–water partition coefficient (Wildman–Crippen LogP) is 3.99. The highest BCUT2D eigenvalue weighted by atomic mass is 16.5. The van der Waals surface area contributed by atoms with Crippen LogP contribution in [-0.2, 0) is 6.54 Å². The van der Waals surface area contributed by atoms with Crippen molar-refractivity contribution in [3.8, 4) is 11.6 Å². The highest BCUT2D eigenvalue weighted by Gasteiger charge is 1.99. The summed E-state index contributed by atoms with van der Waals surface area (Å²) >= 11 is 0. The smallest absolute Gasteiger partial charge is 0.219 e. The molecule has 3 aromatic rings. The molecule has 0 saturated heterocycles. The van der Waals surface area contributed by atoms with Crippen LogP contribution in [0.15, 0.2) is 79.0 Å². The van der Waals surface area contributed by atoms with Gasteiger partial charge in [-0.3, -0.25) is 0 Å². The van der Waals surface area contributed by atoms with E-state index in [-0.39, 0.29) is 0 Å². The van der Waals surface area contributed by atoms with Gasteiger partial charge in [0.05, 0.1) is 0 Å². The fraction of sp³-hybridized carbons (Fsp3) is 0.0556. The Kier molecular flexibility index (Phi) is 4.64. The fourth-order valence-electron chi connectivity index (χ4n) is 2.02. The Morgan fingerprint density at radius 1 is 0.864 bits per heavy atom. The van der Waals surface area contributed by atoms with E-state index in [1.165, 1.54) is 0 Å². The molecule has 0 radical (unpaired) electrons. The van der Waals surface area contributed by atoms with Gasteiger partial charge in [-0.25, -0.2) is 10.4 Å². The molecule has 110 valence electrons. The number of hydrazine groups is 1. The first kappa shape index (κ1) is 14.1. The Balaban J connectivity index is 1.57. The molecule has 0 amide bonds. The Morgan fingerprint density at radius 3 is 2.55 bits per heavy atom. The predicted molar refractivity (Wildman–Crippen MR) is 87.7 cm³/mol. The Bertz CT molecular complexity index is 702. The molecule has 0 bridgehead atoms. The highest BCUT2D eigenvalue weighted by Crippen LogP contribution is 2.19. The van der Waals surface area contributed by atoms with Gasteiger partial charge in [0.1, 0.15) is 5.75 Å². The maximum absolute atomic E-state index is 5.72. The van der Waals surface area contributed by atoms with E-state index in [1.807, 2.05) is 72.8 Å². The van der Waals surface area contributed by atoms with Crippen LogP contribution in [0.4, 0.5) is 5.69 Å². The van der Waals surface area contributed by atoms with Crippen LogP contribution in [0, 0.1) is 0 Å². The van der Waals surface area contributed by atoms with Crippen LogP contribution in [0.2, 0.25) is 0 Å². The number of anilines is 1. The lowest BCUT2D eigenvalue weighted by Gasteiger charge is -2.10. The molecule has 0 aliphatic rings. The molecule has 0 saturated carbocycles. The van der Waals surface area contributed by atoms with Gasteiger partial charge < -0.3 is 10.2 Å². The normalized spacial score (nSPS) is 10.2. The van der Waals surface area contributed by atoms with Crippen molar-refractivity contribution in [2.75, 3.05) is 5.43 Å². The third-order valence-corrected chi connectivity index (χ3v) is 3.06. The summed E-state index contributed by atoms with van der Waals surface area (Å²) in [5.41, 5.74) is 8.50. The van der Waals surface area contributed by atoms with Gasteiger partial charge >= 0.3 is 0 Å². The van der Waals surface area contributed by atoms with Crippen LogP contribution < -0.4 is 15.6 Å². The molecule has 4 heteroatoms. The maximum Gasteiger partial charge on any atom is 0.219 e. The molecule has 1 aromatic heterocycles. The van der Waals surface area contributed by atoms with Crippen molar-refractivity contribution in [3.63, 3.8) is 0 Å². The van der Waals surface area contributed by atoms with E-state index in [0.29, 0.717) is 12.4 Å². The third kappa shape index (κ3) is 4.07. The van der Waals surface area contributed by atoms with Crippen LogP contribution in [0.25, 0.3) is 0 Å². The first-order valence-electron chi connectivity index (χ1n) is 7.12. The zero-order chi connectivity index (χ0) is 15.0. The number of rotatable bonds is 6. The van der Waals surface area contributed by atoms with Crippen LogP contribution in [0.3, 0.4) is 0 Å². The van der Waals surface area contributed by atoms with E-state index in [4.69, 9.17) is 4.74 Å². The summed E-state index contributed by atoms with van der Waals surface area (Å²) in [7, 11) is 0. The van der Waals surface area contributed by atoms with Crippen molar-refractivity contribution < 1.29 is 4.74 Å². The van der Waals surface area contributed by atoms with Crippen molar-refractivity contribution in [2.24, 2.45) is 0 Å². The molecule has 0 spiro atoms.